The number of methoxy groups -OCH3 is 1. The first-order valence-electron chi connectivity index (χ1n) is 10.1. The molecular weight excluding hydrogens is 386 g/mol. The van der Waals surface area contributed by atoms with Crippen LogP contribution in [0.4, 0.5) is 8.78 Å². The number of allylic oxidation sites excluding steroid dienone is 2. The molecule has 0 aliphatic heterocycles. The van der Waals surface area contributed by atoms with E-state index in [1.807, 2.05) is 19.1 Å². The summed E-state index contributed by atoms with van der Waals surface area (Å²) in [7, 11) is 1.35. The van der Waals surface area contributed by atoms with Crippen LogP contribution in [-0.4, -0.2) is 35.8 Å². The van der Waals surface area contributed by atoms with Gasteiger partial charge in [-0.15, -0.1) is 0 Å². The number of rotatable bonds is 13. The van der Waals surface area contributed by atoms with Crippen molar-refractivity contribution in [3.8, 4) is 0 Å². The van der Waals surface area contributed by atoms with E-state index in [0.29, 0.717) is 44.9 Å². The molecule has 0 amide bonds. The highest BCUT2D eigenvalue weighted by atomic mass is 32.1. The van der Waals surface area contributed by atoms with Crippen LogP contribution in [0.2, 0.25) is 0 Å². The number of halogens is 2. The third-order valence-corrected chi connectivity index (χ3v) is 5.89. The number of Topliss-reactive ketones (excluding diaryl/α,β-unsaturated/α-hetero) is 2. The van der Waals surface area contributed by atoms with Gasteiger partial charge in [-0.2, -0.15) is 21.4 Å². The number of alkyl halides is 2. The van der Waals surface area contributed by atoms with Crippen molar-refractivity contribution in [1.29, 1.82) is 0 Å². The number of carbonyl (C=O) groups is 3. The van der Waals surface area contributed by atoms with Crippen LogP contribution in [-0.2, 0) is 19.1 Å². The zero-order valence-electron chi connectivity index (χ0n) is 16.8. The first kappa shape index (κ1) is 24.8. The first-order chi connectivity index (χ1) is 13.2. The Labute approximate surface area is 171 Å². The normalized spacial score (nSPS) is 22.8. The number of thiol groups is 1. The largest absolute Gasteiger partial charge is 0.469 e. The molecule has 0 N–H and O–H groups in total. The van der Waals surface area contributed by atoms with Crippen molar-refractivity contribution in [2.45, 2.75) is 82.3 Å². The average Bonchev–Trinajstić information content (AvgIpc) is 2.93. The summed E-state index contributed by atoms with van der Waals surface area (Å²) < 4.78 is 32.3. The first-order valence-corrected chi connectivity index (χ1v) is 10.6. The molecule has 0 aromatic heterocycles. The van der Waals surface area contributed by atoms with Crippen molar-refractivity contribution >= 4 is 30.2 Å². The van der Waals surface area contributed by atoms with E-state index in [1.54, 1.807) is 0 Å². The molecule has 0 aromatic carbocycles. The van der Waals surface area contributed by atoms with Gasteiger partial charge in [-0.25, -0.2) is 0 Å². The Morgan fingerprint density at radius 2 is 1.96 bits per heavy atom. The maximum absolute atomic E-state index is 13.9. The smallest absolute Gasteiger partial charge is 0.305 e. The average molecular weight is 419 g/mol. The van der Waals surface area contributed by atoms with Gasteiger partial charge in [0.15, 0.2) is 0 Å². The zero-order valence-corrected chi connectivity index (χ0v) is 17.7. The van der Waals surface area contributed by atoms with Crippen LogP contribution in [0.5, 0.6) is 0 Å². The van der Waals surface area contributed by atoms with Crippen LogP contribution in [0.25, 0.3) is 0 Å². The number of carbonyl (C=O) groups excluding carboxylic acids is 3. The lowest BCUT2D eigenvalue weighted by molar-refractivity contribution is -0.144. The molecule has 160 valence electrons. The molecule has 3 atom stereocenters. The molecule has 1 aliphatic rings. The molecule has 4 nitrogen and oxygen atoms in total. The predicted molar refractivity (Wildman–Crippen MR) is 108 cm³/mol. The molecule has 1 saturated carbocycles. The second-order valence-electron chi connectivity index (χ2n) is 7.45. The minimum Gasteiger partial charge on any atom is -0.469 e. The summed E-state index contributed by atoms with van der Waals surface area (Å²) in [4.78, 5) is 35.2. The molecule has 0 spiro atoms. The monoisotopic (exact) mass is 418 g/mol. The van der Waals surface area contributed by atoms with E-state index in [9.17, 15) is 23.2 Å². The van der Waals surface area contributed by atoms with Gasteiger partial charge in [0, 0.05) is 36.9 Å². The van der Waals surface area contributed by atoms with Crippen molar-refractivity contribution in [2.75, 3.05) is 7.11 Å². The fourth-order valence-electron chi connectivity index (χ4n) is 3.56. The Hall–Kier alpha value is -1.24. The number of hydrogen-bond donors (Lipinski definition) is 1. The minimum atomic E-state index is -3.28. The number of ketones is 2. The summed E-state index contributed by atoms with van der Waals surface area (Å²) in [6.07, 6.45) is 6.94. The maximum Gasteiger partial charge on any atom is 0.305 e. The van der Waals surface area contributed by atoms with Gasteiger partial charge < -0.3 is 4.74 Å². The van der Waals surface area contributed by atoms with Crippen molar-refractivity contribution in [3.05, 3.63) is 12.2 Å². The van der Waals surface area contributed by atoms with Gasteiger partial charge in [-0.3, -0.25) is 14.4 Å². The van der Waals surface area contributed by atoms with Crippen LogP contribution in [0.15, 0.2) is 12.2 Å². The Balaban J connectivity index is 2.51. The lowest BCUT2D eigenvalue weighted by atomic mass is 9.86. The van der Waals surface area contributed by atoms with Crippen molar-refractivity contribution in [2.24, 2.45) is 11.8 Å². The van der Waals surface area contributed by atoms with Crippen molar-refractivity contribution in [3.63, 3.8) is 0 Å². The van der Waals surface area contributed by atoms with Gasteiger partial charge in [0.25, 0.3) is 0 Å². The van der Waals surface area contributed by atoms with Gasteiger partial charge in [-0.05, 0) is 38.0 Å². The van der Waals surface area contributed by atoms with Gasteiger partial charge in [-0.1, -0.05) is 25.5 Å². The lowest BCUT2D eigenvalue weighted by Crippen LogP contribution is -2.30. The summed E-state index contributed by atoms with van der Waals surface area (Å²) in [5.41, 5.74) is 0. The Morgan fingerprint density at radius 3 is 2.61 bits per heavy atom. The number of esters is 1. The number of unbranched alkanes of at least 4 members (excludes halogenated alkanes) is 2. The van der Waals surface area contributed by atoms with E-state index in [0.717, 1.165) is 0 Å². The fraction of sp³-hybridized carbons (Fsp3) is 0.762. The summed E-state index contributed by atoms with van der Waals surface area (Å²) >= 11 is 4.45. The third kappa shape index (κ3) is 8.02. The zero-order chi connectivity index (χ0) is 21.2. The molecule has 7 heteroatoms. The van der Waals surface area contributed by atoms with E-state index in [2.05, 4.69) is 17.4 Å². The van der Waals surface area contributed by atoms with Crippen LogP contribution >= 0.6 is 12.6 Å². The molecule has 1 aliphatic carbocycles. The van der Waals surface area contributed by atoms with Crippen LogP contribution in [0, 0.1) is 11.8 Å². The molecule has 1 rings (SSSR count). The molecule has 0 saturated heterocycles. The van der Waals surface area contributed by atoms with Gasteiger partial charge >= 0.3 is 11.9 Å². The van der Waals surface area contributed by atoms with Gasteiger partial charge in [0.05, 0.1) is 7.11 Å². The standard InChI is InChI=1S/C21H32F2O4S/c1-3-4-13-21(22,23)19(25)12-11-16-15(17(24)14-18(16)28)9-7-5-6-8-10-20(26)27-2/h5,7,15-16,18,28H,3-4,6,8-14H2,1-2H3/t15-,16?,18?/m1/s1. The van der Waals surface area contributed by atoms with Crippen LogP contribution in [0.1, 0.15) is 71.1 Å². The van der Waals surface area contributed by atoms with Gasteiger partial charge in [0.2, 0.25) is 5.78 Å². The summed E-state index contributed by atoms with van der Waals surface area (Å²) in [6, 6.07) is 0. The molecule has 0 radical (unpaired) electrons. The second-order valence-corrected chi connectivity index (χ2v) is 8.12. The molecule has 0 bridgehead atoms. The second kappa shape index (κ2) is 12.3. The Bertz CT molecular complexity index is 563. The van der Waals surface area contributed by atoms with Crippen LogP contribution in [0.3, 0.4) is 0 Å². The van der Waals surface area contributed by atoms with Crippen LogP contribution < -0.4 is 0 Å². The quantitative estimate of drug-likeness (QED) is 0.199. The summed E-state index contributed by atoms with van der Waals surface area (Å²) in [5.74, 6) is -4.93. The Morgan fingerprint density at radius 1 is 1.25 bits per heavy atom. The summed E-state index contributed by atoms with van der Waals surface area (Å²) in [5, 5.41) is -0.192. The molecule has 0 aromatic rings. The van der Waals surface area contributed by atoms with Gasteiger partial charge in [0.1, 0.15) is 5.78 Å². The van der Waals surface area contributed by atoms with Crippen molar-refractivity contribution < 1.29 is 27.9 Å². The number of ether oxygens (including phenoxy) is 1. The third-order valence-electron chi connectivity index (χ3n) is 5.33. The predicted octanol–water partition coefficient (Wildman–Crippen LogP) is 4.95. The van der Waals surface area contributed by atoms with Crippen molar-refractivity contribution in [1.82, 2.24) is 0 Å². The molecule has 2 unspecified atom stereocenters. The molecule has 1 fully saturated rings. The molecule has 28 heavy (non-hydrogen) atoms. The highest BCUT2D eigenvalue weighted by molar-refractivity contribution is 7.81. The fourth-order valence-corrected chi connectivity index (χ4v) is 4.10. The van der Waals surface area contributed by atoms with E-state index in [-0.39, 0.29) is 41.7 Å². The Kier molecular flexibility index (Phi) is 10.9. The summed E-state index contributed by atoms with van der Waals surface area (Å²) in [6.45, 7) is 1.81. The topological polar surface area (TPSA) is 60.4 Å². The van der Waals surface area contributed by atoms with E-state index in [1.165, 1.54) is 7.11 Å². The lowest BCUT2D eigenvalue weighted by Gasteiger charge is -2.21. The SMILES string of the molecule is CCCCC(F)(F)C(=O)CCC1C(S)CC(=O)[C@@H]1CC=CCCCC(=O)OC. The highest BCUT2D eigenvalue weighted by Gasteiger charge is 2.42. The maximum atomic E-state index is 13.9. The van der Waals surface area contributed by atoms with E-state index in [4.69, 9.17) is 0 Å². The van der Waals surface area contributed by atoms with E-state index >= 15 is 0 Å². The van der Waals surface area contributed by atoms with E-state index < -0.39 is 18.1 Å². The molecule has 0 heterocycles. The minimum absolute atomic E-state index is 0.0782. The number of hydrogen-bond acceptors (Lipinski definition) is 5. The molecular formula is C21H32F2O4S. The highest BCUT2D eigenvalue weighted by Crippen LogP contribution is 2.39.